The first-order valence-electron chi connectivity index (χ1n) is 8.84. The summed E-state index contributed by atoms with van der Waals surface area (Å²) < 4.78 is 23.6. The maximum absolute atomic E-state index is 12.9. The molecule has 1 aromatic carbocycles. The van der Waals surface area contributed by atoms with Crippen LogP contribution >= 0.6 is 0 Å². The minimum Gasteiger partial charge on any atom is -0.334 e. The summed E-state index contributed by atoms with van der Waals surface area (Å²) in [7, 11) is -3.19. The molecule has 1 atom stereocenters. The number of carbonyl (C=O) groups is 3. The van der Waals surface area contributed by atoms with Crippen LogP contribution in [-0.2, 0) is 14.6 Å². The van der Waals surface area contributed by atoms with Gasteiger partial charge in [0.25, 0.3) is 17.5 Å². The van der Waals surface area contributed by atoms with Gasteiger partial charge in [-0.1, -0.05) is 0 Å². The fraction of sp³-hybridized carbons (Fsp3) is 0.471. The number of nitro benzene ring substituents is 1. The van der Waals surface area contributed by atoms with Gasteiger partial charge in [0.1, 0.15) is 6.54 Å². The van der Waals surface area contributed by atoms with Gasteiger partial charge in [0.05, 0.1) is 27.6 Å². The van der Waals surface area contributed by atoms with E-state index < -0.39 is 45.1 Å². The lowest BCUT2D eigenvalue weighted by Gasteiger charge is -2.29. The van der Waals surface area contributed by atoms with Crippen LogP contribution in [0.3, 0.4) is 0 Å². The number of hydrogen-bond acceptors (Lipinski definition) is 7. The second kappa shape index (κ2) is 6.36. The molecule has 11 heteroatoms. The van der Waals surface area contributed by atoms with E-state index in [9.17, 15) is 32.9 Å². The third kappa shape index (κ3) is 3.15. The van der Waals surface area contributed by atoms with Crippen molar-refractivity contribution in [2.24, 2.45) is 0 Å². The number of sulfone groups is 1. The van der Waals surface area contributed by atoms with Crippen LogP contribution in [0, 0.1) is 10.1 Å². The van der Waals surface area contributed by atoms with E-state index >= 15 is 0 Å². The number of rotatable bonds is 5. The molecule has 0 bridgehead atoms. The zero-order valence-electron chi connectivity index (χ0n) is 14.7. The van der Waals surface area contributed by atoms with Gasteiger partial charge in [-0.2, -0.15) is 0 Å². The average Bonchev–Trinajstić information content (AvgIpc) is 3.36. The van der Waals surface area contributed by atoms with E-state index in [1.54, 1.807) is 0 Å². The van der Waals surface area contributed by atoms with Crippen LogP contribution in [0.5, 0.6) is 0 Å². The highest BCUT2D eigenvalue weighted by Gasteiger charge is 2.44. The summed E-state index contributed by atoms with van der Waals surface area (Å²) in [5.74, 6) is -2.01. The van der Waals surface area contributed by atoms with E-state index in [1.165, 1.54) is 11.0 Å². The number of nitro groups is 1. The normalized spacial score (nSPS) is 23.0. The minimum absolute atomic E-state index is 0.0183. The Hall–Kier alpha value is -2.82. The Morgan fingerprint density at radius 2 is 1.82 bits per heavy atom. The lowest BCUT2D eigenvalue weighted by molar-refractivity contribution is -0.384. The van der Waals surface area contributed by atoms with Gasteiger partial charge in [0.2, 0.25) is 5.91 Å². The topological polar surface area (TPSA) is 135 Å². The summed E-state index contributed by atoms with van der Waals surface area (Å²) in [5.41, 5.74) is -0.401. The molecule has 0 radical (unpaired) electrons. The van der Waals surface area contributed by atoms with Crippen LogP contribution in [0.25, 0.3) is 0 Å². The van der Waals surface area contributed by atoms with Crippen LogP contribution in [0.4, 0.5) is 5.69 Å². The van der Waals surface area contributed by atoms with Crippen LogP contribution in [0.1, 0.15) is 40.0 Å². The molecule has 0 unspecified atom stereocenters. The van der Waals surface area contributed by atoms with E-state index in [1.807, 2.05) is 0 Å². The first kappa shape index (κ1) is 18.5. The van der Waals surface area contributed by atoms with Gasteiger partial charge in [-0.25, -0.2) is 8.42 Å². The third-order valence-corrected chi connectivity index (χ3v) is 7.04. The van der Waals surface area contributed by atoms with E-state index in [2.05, 4.69) is 0 Å². The zero-order valence-corrected chi connectivity index (χ0v) is 15.6. The molecule has 0 spiro atoms. The van der Waals surface area contributed by atoms with Crippen molar-refractivity contribution in [2.75, 3.05) is 18.1 Å². The number of hydrogen-bond donors (Lipinski definition) is 0. The monoisotopic (exact) mass is 407 g/mol. The lowest BCUT2D eigenvalue weighted by atomic mass is 10.1. The molecule has 148 valence electrons. The third-order valence-electron chi connectivity index (χ3n) is 5.29. The Kier molecular flexibility index (Phi) is 4.21. The van der Waals surface area contributed by atoms with Crippen molar-refractivity contribution in [3.05, 3.63) is 39.4 Å². The van der Waals surface area contributed by atoms with Crippen LogP contribution in [-0.4, -0.2) is 71.0 Å². The molecular formula is C17H17N3O7S. The molecule has 2 heterocycles. The van der Waals surface area contributed by atoms with Crippen molar-refractivity contribution in [3.63, 3.8) is 0 Å². The first-order valence-corrected chi connectivity index (χ1v) is 10.7. The minimum atomic E-state index is -3.19. The van der Waals surface area contributed by atoms with Gasteiger partial charge in [-0.05, 0) is 25.3 Å². The van der Waals surface area contributed by atoms with Crippen molar-refractivity contribution >= 4 is 33.2 Å². The maximum Gasteiger partial charge on any atom is 0.270 e. The predicted octanol–water partition coefficient (Wildman–Crippen LogP) is 0.369. The van der Waals surface area contributed by atoms with Crippen molar-refractivity contribution in [1.82, 2.24) is 9.80 Å². The van der Waals surface area contributed by atoms with Gasteiger partial charge < -0.3 is 4.90 Å². The zero-order chi connectivity index (χ0) is 20.2. The largest absolute Gasteiger partial charge is 0.334 e. The fourth-order valence-corrected chi connectivity index (χ4v) is 5.52. The molecule has 28 heavy (non-hydrogen) atoms. The highest BCUT2D eigenvalue weighted by molar-refractivity contribution is 7.91. The van der Waals surface area contributed by atoms with Gasteiger partial charge in [-0.3, -0.25) is 29.4 Å². The standard InChI is InChI=1S/C17H17N3O7S/c21-15(19(10-1-2-10)12-5-6-28(26,27)9-12)8-18-16(22)13-4-3-11(20(24)25)7-14(13)17(18)23/h3-4,7,10,12H,1-2,5-6,8-9H2/t12-/m0/s1. The quantitative estimate of drug-likeness (QED) is 0.391. The Balaban J connectivity index is 1.55. The molecule has 4 rings (SSSR count). The van der Waals surface area contributed by atoms with Gasteiger partial charge >= 0.3 is 0 Å². The Bertz CT molecular complexity index is 1020. The summed E-state index contributed by atoms with van der Waals surface area (Å²) in [5, 5.41) is 10.9. The Labute approximate surface area is 160 Å². The number of fused-ring (bicyclic) bond motifs is 1. The van der Waals surface area contributed by atoms with Crippen molar-refractivity contribution < 1.29 is 27.7 Å². The van der Waals surface area contributed by atoms with E-state index in [4.69, 9.17) is 0 Å². The van der Waals surface area contributed by atoms with E-state index in [-0.39, 0.29) is 34.4 Å². The molecule has 10 nitrogen and oxygen atoms in total. The predicted molar refractivity (Wildman–Crippen MR) is 95.4 cm³/mol. The summed E-state index contributed by atoms with van der Waals surface area (Å²) in [6, 6.07) is 2.86. The first-order chi connectivity index (χ1) is 13.2. The molecule has 1 aromatic rings. The van der Waals surface area contributed by atoms with Crippen molar-refractivity contribution in [1.29, 1.82) is 0 Å². The SMILES string of the molecule is O=C1c2ccc([N+](=O)[O-])cc2C(=O)N1CC(=O)N(C1CC1)[C@H]1CCS(=O)(=O)C1. The Morgan fingerprint density at radius 1 is 1.14 bits per heavy atom. The summed E-state index contributed by atoms with van der Waals surface area (Å²) in [4.78, 5) is 50.5. The number of amides is 3. The van der Waals surface area contributed by atoms with E-state index in [0.717, 1.165) is 29.9 Å². The molecule has 1 saturated carbocycles. The number of imide groups is 1. The maximum atomic E-state index is 12.9. The van der Waals surface area contributed by atoms with Gasteiger partial charge in [0.15, 0.2) is 9.84 Å². The number of non-ortho nitro benzene ring substituents is 1. The molecule has 0 N–H and O–H groups in total. The number of nitrogens with zero attached hydrogens (tertiary/aromatic N) is 3. The smallest absolute Gasteiger partial charge is 0.270 e. The van der Waals surface area contributed by atoms with E-state index in [0.29, 0.717) is 6.42 Å². The average molecular weight is 407 g/mol. The molecule has 1 saturated heterocycles. The summed E-state index contributed by atoms with van der Waals surface area (Å²) >= 11 is 0. The summed E-state index contributed by atoms with van der Waals surface area (Å²) in [6.07, 6.45) is 1.87. The highest BCUT2D eigenvalue weighted by atomic mass is 32.2. The van der Waals surface area contributed by atoms with Crippen LogP contribution in [0.15, 0.2) is 18.2 Å². The molecule has 2 aliphatic heterocycles. The molecule has 3 amide bonds. The second-order valence-corrected chi connectivity index (χ2v) is 9.50. The van der Waals surface area contributed by atoms with Crippen molar-refractivity contribution in [3.8, 4) is 0 Å². The van der Waals surface area contributed by atoms with Gasteiger partial charge in [0, 0.05) is 24.2 Å². The fourth-order valence-electron chi connectivity index (χ4n) is 3.81. The molecule has 1 aliphatic carbocycles. The van der Waals surface area contributed by atoms with Crippen LogP contribution in [0.2, 0.25) is 0 Å². The lowest BCUT2D eigenvalue weighted by Crippen LogP contribution is -2.48. The molecular weight excluding hydrogens is 390 g/mol. The highest BCUT2D eigenvalue weighted by Crippen LogP contribution is 2.33. The summed E-state index contributed by atoms with van der Waals surface area (Å²) in [6.45, 7) is -0.507. The number of carbonyl (C=O) groups excluding carboxylic acids is 3. The Morgan fingerprint density at radius 3 is 2.39 bits per heavy atom. The van der Waals surface area contributed by atoms with Crippen molar-refractivity contribution in [2.45, 2.75) is 31.3 Å². The number of benzene rings is 1. The molecule has 2 fully saturated rings. The molecule has 3 aliphatic rings. The van der Waals surface area contributed by atoms with Gasteiger partial charge in [-0.15, -0.1) is 0 Å². The van der Waals surface area contributed by atoms with Crippen LogP contribution < -0.4 is 0 Å². The molecule has 0 aromatic heterocycles. The second-order valence-electron chi connectivity index (χ2n) is 7.27.